The molecule has 0 aliphatic carbocycles. The SMILES string of the molecule is CN=CC(C(=O)NCc1cccc(CO)c1)=C(N)C(F)F. The van der Waals surface area contributed by atoms with Crippen LogP contribution < -0.4 is 11.1 Å². The number of nitrogens with zero attached hydrogens (tertiary/aromatic N) is 1. The van der Waals surface area contributed by atoms with Crippen LogP contribution in [0.2, 0.25) is 0 Å². The number of alkyl halides is 2. The fourth-order valence-electron chi connectivity index (χ4n) is 1.63. The summed E-state index contributed by atoms with van der Waals surface area (Å²) < 4.78 is 25.1. The van der Waals surface area contributed by atoms with E-state index in [-0.39, 0.29) is 18.7 Å². The summed E-state index contributed by atoms with van der Waals surface area (Å²) in [7, 11) is 1.36. The van der Waals surface area contributed by atoms with Crippen LogP contribution in [-0.2, 0) is 17.9 Å². The second-order valence-corrected chi connectivity index (χ2v) is 4.22. The summed E-state index contributed by atoms with van der Waals surface area (Å²) in [5.41, 5.74) is 5.46. The smallest absolute Gasteiger partial charge is 0.278 e. The van der Waals surface area contributed by atoms with Gasteiger partial charge in [-0.05, 0) is 11.1 Å². The maximum absolute atomic E-state index is 12.6. The van der Waals surface area contributed by atoms with Gasteiger partial charge in [-0.2, -0.15) is 0 Å². The highest BCUT2D eigenvalue weighted by Crippen LogP contribution is 2.09. The molecule has 21 heavy (non-hydrogen) atoms. The predicted molar refractivity (Wildman–Crippen MR) is 75.8 cm³/mol. The van der Waals surface area contributed by atoms with Crippen molar-refractivity contribution < 1.29 is 18.7 Å². The Morgan fingerprint density at radius 3 is 2.71 bits per heavy atom. The lowest BCUT2D eigenvalue weighted by molar-refractivity contribution is -0.117. The maximum atomic E-state index is 12.6. The van der Waals surface area contributed by atoms with Gasteiger partial charge in [0.15, 0.2) is 0 Å². The maximum Gasteiger partial charge on any atom is 0.278 e. The zero-order chi connectivity index (χ0) is 15.8. The van der Waals surface area contributed by atoms with E-state index in [0.29, 0.717) is 5.56 Å². The molecule has 0 heterocycles. The molecule has 1 rings (SSSR count). The number of carbonyl (C=O) groups excluding carboxylic acids is 1. The molecule has 0 aliphatic rings. The summed E-state index contributed by atoms with van der Waals surface area (Å²) in [6, 6.07) is 6.90. The Balaban J connectivity index is 2.81. The Morgan fingerprint density at radius 1 is 1.48 bits per heavy atom. The van der Waals surface area contributed by atoms with Gasteiger partial charge in [-0.25, -0.2) is 8.78 Å². The molecule has 0 atom stereocenters. The summed E-state index contributed by atoms with van der Waals surface area (Å²) in [5.74, 6) is -0.729. The van der Waals surface area contributed by atoms with Gasteiger partial charge in [-0.15, -0.1) is 0 Å². The lowest BCUT2D eigenvalue weighted by atomic mass is 10.1. The van der Waals surface area contributed by atoms with Crippen LogP contribution in [0.3, 0.4) is 0 Å². The molecule has 1 amide bonds. The molecule has 0 aromatic heterocycles. The lowest BCUT2D eigenvalue weighted by Crippen LogP contribution is -2.29. The van der Waals surface area contributed by atoms with E-state index in [1.54, 1.807) is 24.3 Å². The largest absolute Gasteiger partial charge is 0.397 e. The van der Waals surface area contributed by atoms with Crippen LogP contribution in [0, 0.1) is 0 Å². The van der Waals surface area contributed by atoms with E-state index in [1.165, 1.54) is 7.05 Å². The number of amides is 1. The lowest BCUT2D eigenvalue weighted by Gasteiger charge is -2.09. The van der Waals surface area contributed by atoms with E-state index in [9.17, 15) is 13.6 Å². The second kappa shape index (κ2) is 8.11. The molecule has 0 spiro atoms. The van der Waals surface area contributed by atoms with Gasteiger partial charge in [0, 0.05) is 19.8 Å². The minimum absolute atomic E-state index is 0.117. The molecule has 114 valence electrons. The van der Waals surface area contributed by atoms with E-state index in [1.807, 2.05) is 0 Å². The van der Waals surface area contributed by atoms with Gasteiger partial charge in [-0.3, -0.25) is 9.79 Å². The monoisotopic (exact) mass is 297 g/mol. The van der Waals surface area contributed by atoms with Crippen molar-refractivity contribution in [2.45, 2.75) is 19.6 Å². The summed E-state index contributed by atoms with van der Waals surface area (Å²) in [5, 5.41) is 11.5. The molecule has 0 bridgehead atoms. The summed E-state index contributed by atoms with van der Waals surface area (Å²) >= 11 is 0. The molecule has 4 N–H and O–H groups in total. The number of aliphatic hydroxyl groups excluding tert-OH is 1. The van der Waals surface area contributed by atoms with Crippen LogP contribution in [0.5, 0.6) is 0 Å². The van der Waals surface area contributed by atoms with Gasteiger partial charge in [0.25, 0.3) is 12.3 Å². The molecule has 0 saturated heterocycles. The average molecular weight is 297 g/mol. The van der Waals surface area contributed by atoms with E-state index in [2.05, 4.69) is 10.3 Å². The minimum Gasteiger partial charge on any atom is -0.397 e. The van der Waals surface area contributed by atoms with Gasteiger partial charge in [0.2, 0.25) is 0 Å². The molecule has 0 radical (unpaired) electrons. The molecule has 0 unspecified atom stereocenters. The quantitative estimate of drug-likeness (QED) is 0.540. The molecule has 0 aliphatic heterocycles. The number of hydrogen-bond donors (Lipinski definition) is 3. The van der Waals surface area contributed by atoms with Crippen molar-refractivity contribution in [3.63, 3.8) is 0 Å². The molecular weight excluding hydrogens is 280 g/mol. The molecule has 1 aromatic rings. The van der Waals surface area contributed by atoms with Crippen molar-refractivity contribution >= 4 is 12.1 Å². The van der Waals surface area contributed by atoms with Gasteiger partial charge < -0.3 is 16.2 Å². The van der Waals surface area contributed by atoms with Gasteiger partial charge in [0.1, 0.15) is 0 Å². The van der Waals surface area contributed by atoms with Crippen LogP contribution >= 0.6 is 0 Å². The van der Waals surface area contributed by atoms with Crippen LogP contribution in [0.4, 0.5) is 8.78 Å². The molecule has 5 nitrogen and oxygen atoms in total. The highest BCUT2D eigenvalue weighted by Gasteiger charge is 2.18. The number of nitrogens with one attached hydrogen (secondary N) is 1. The zero-order valence-electron chi connectivity index (χ0n) is 11.5. The van der Waals surface area contributed by atoms with Crippen molar-refractivity contribution in [2.75, 3.05) is 7.05 Å². The third kappa shape index (κ3) is 4.96. The normalized spacial score (nSPS) is 12.6. The van der Waals surface area contributed by atoms with E-state index >= 15 is 0 Å². The first-order valence-electron chi connectivity index (χ1n) is 6.16. The Labute approximate surface area is 121 Å². The second-order valence-electron chi connectivity index (χ2n) is 4.22. The van der Waals surface area contributed by atoms with E-state index in [4.69, 9.17) is 10.8 Å². The zero-order valence-corrected chi connectivity index (χ0v) is 11.5. The predicted octanol–water partition coefficient (Wildman–Crippen LogP) is 0.974. The number of allylic oxidation sites excluding steroid dienone is 1. The van der Waals surface area contributed by atoms with Crippen molar-refractivity contribution in [1.29, 1.82) is 0 Å². The van der Waals surface area contributed by atoms with Crippen molar-refractivity contribution in [3.8, 4) is 0 Å². The first-order chi connectivity index (χ1) is 9.99. The highest BCUT2D eigenvalue weighted by atomic mass is 19.3. The van der Waals surface area contributed by atoms with Gasteiger partial charge in [-0.1, -0.05) is 24.3 Å². The fourth-order valence-corrected chi connectivity index (χ4v) is 1.63. The number of halogens is 2. The van der Waals surface area contributed by atoms with E-state index < -0.39 is 18.0 Å². The summed E-state index contributed by atoms with van der Waals surface area (Å²) in [6.45, 7) is 0.0119. The first-order valence-corrected chi connectivity index (χ1v) is 6.16. The van der Waals surface area contributed by atoms with E-state index in [0.717, 1.165) is 11.8 Å². The molecule has 7 heteroatoms. The topological polar surface area (TPSA) is 87.7 Å². The molecular formula is C14H17F2N3O2. The Hall–Kier alpha value is -2.28. The van der Waals surface area contributed by atoms with Crippen molar-refractivity contribution in [1.82, 2.24) is 5.32 Å². The Bertz CT molecular complexity index is 557. The van der Waals surface area contributed by atoms with Crippen LogP contribution in [0.1, 0.15) is 11.1 Å². The van der Waals surface area contributed by atoms with Crippen molar-refractivity contribution in [3.05, 3.63) is 46.7 Å². The fraction of sp³-hybridized carbons (Fsp3) is 0.286. The summed E-state index contributed by atoms with van der Waals surface area (Å²) in [4.78, 5) is 15.4. The minimum atomic E-state index is -2.93. The molecule has 1 aromatic carbocycles. The van der Waals surface area contributed by atoms with Crippen LogP contribution in [0.25, 0.3) is 0 Å². The number of carbonyl (C=O) groups is 1. The number of nitrogens with two attached hydrogens (primary N) is 1. The standard InChI is InChI=1S/C14H17F2N3O2/c1-18-7-11(12(17)13(15)16)14(21)19-6-9-3-2-4-10(5-9)8-20/h2-5,7,13,20H,6,8,17H2,1H3,(H,19,21). The van der Waals surface area contributed by atoms with Gasteiger partial charge >= 0.3 is 0 Å². The Morgan fingerprint density at radius 2 is 2.14 bits per heavy atom. The first kappa shape index (κ1) is 16.8. The van der Waals surface area contributed by atoms with Crippen LogP contribution in [-0.4, -0.2) is 30.7 Å². The highest BCUT2D eigenvalue weighted by molar-refractivity contribution is 6.12. The third-order valence-electron chi connectivity index (χ3n) is 2.68. The number of aliphatic imine (C=N–C) groups is 1. The van der Waals surface area contributed by atoms with Crippen LogP contribution in [0.15, 0.2) is 40.5 Å². The average Bonchev–Trinajstić information content (AvgIpc) is 2.49. The number of benzene rings is 1. The summed E-state index contributed by atoms with van der Waals surface area (Å²) in [6.07, 6.45) is -1.93. The van der Waals surface area contributed by atoms with Crippen molar-refractivity contribution in [2.24, 2.45) is 10.7 Å². The third-order valence-corrected chi connectivity index (χ3v) is 2.68. The molecule has 0 saturated carbocycles. The molecule has 0 fully saturated rings. The van der Waals surface area contributed by atoms with Gasteiger partial charge in [0.05, 0.1) is 17.9 Å². The Kier molecular flexibility index (Phi) is 6.48. The number of aliphatic hydroxyl groups is 1. The number of hydrogen-bond acceptors (Lipinski definition) is 4. The number of rotatable bonds is 6.